The molecule has 2 amide bonds. The summed E-state index contributed by atoms with van der Waals surface area (Å²) in [5.41, 5.74) is 0.0999. The highest BCUT2D eigenvalue weighted by atomic mass is 35.5. The van der Waals surface area contributed by atoms with E-state index < -0.39 is 5.60 Å². The van der Waals surface area contributed by atoms with Crippen molar-refractivity contribution in [3.8, 4) is 5.75 Å². The Balaban J connectivity index is 1.47. The van der Waals surface area contributed by atoms with Crippen molar-refractivity contribution < 1.29 is 19.1 Å². The third-order valence-corrected chi connectivity index (χ3v) is 7.00. The van der Waals surface area contributed by atoms with Crippen LogP contribution in [0.1, 0.15) is 50.5 Å². The van der Waals surface area contributed by atoms with Crippen LogP contribution in [0.2, 0.25) is 5.02 Å². The average molecular weight is 449 g/mol. The summed E-state index contributed by atoms with van der Waals surface area (Å²) in [4.78, 5) is 29.7. The van der Waals surface area contributed by atoms with Gasteiger partial charge in [-0.3, -0.25) is 9.59 Å². The van der Waals surface area contributed by atoms with E-state index in [9.17, 15) is 9.59 Å². The number of nitrogens with zero attached hydrogens (tertiary/aromatic N) is 2. The molecule has 7 heteroatoms. The molecular weight excluding hydrogens is 416 g/mol. The highest BCUT2D eigenvalue weighted by molar-refractivity contribution is 6.31. The Labute approximate surface area is 189 Å². The third-order valence-electron chi connectivity index (χ3n) is 6.57. The molecule has 0 radical (unpaired) electrons. The molecule has 3 fully saturated rings. The molecule has 31 heavy (non-hydrogen) atoms. The summed E-state index contributed by atoms with van der Waals surface area (Å²) in [5, 5.41) is 0.688. The van der Waals surface area contributed by atoms with E-state index in [0.717, 1.165) is 44.3 Å². The number of rotatable bonds is 7. The number of carbonyl (C=O) groups is 2. The first-order valence-corrected chi connectivity index (χ1v) is 11.9. The van der Waals surface area contributed by atoms with E-state index in [1.165, 1.54) is 6.42 Å². The zero-order valence-electron chi connectivity index (χ0n) is 18.4. The van der Waals surface area contributed by atoms with Crippen molar-refractivity contribution in [2.45, 2.75) is 57.5 Å². The predicted octanol–water partition coefficient (Wildman–Crippen LogP) is 3.83. The molecule has 0 spiro atoms. The number of hydrogen-bond acceptors (Lipinski definition) is 4. The van der Waals surface area contributed by atoms with Crippen LogP contribution in [0, 0.1) is 12.8 Å². The summed E-state index contributed by atoms with van der Waals surface area (Å²) in [6.07, 6.45) is 6.40. The molecule has 0 N–H and O–H groups in total. The summed E-state index contributed by atoms with van der Waals surface area (Å²) in [5.74, 6) is 1.49. The van der Waals surface area contributed by atoms with Gasteiger partial charge in [-0.15, -0.1) is 0 Å². The molecule has 1 atom stereocenters. The van der Waals surface area contributed by atoms with Crippen LogP contribution in [0.3, 0.4) is 0 Å². The van der Waals surface area contributed by atoms with E-state index in [2.05, 4.69) is 0 Å². The van der Waals surface area contributed by atoms with Gasteiger partial charge in [-0.1, -0.05) is 11.6 Å². The van der Waals surface area contributed by atoms with Crippen LogP contribution in [0.25, 0.3) is 0 Å². The van der Waals surface area contributed by atoms with Gasteiger partial charge in [0.25, 0.3) is 0 Å². The topological polar surface area (TPSA) is 59.1 Å². The number of aryl methyl sites for hydroxylation is 1. The Morgan fingerprint density at radius 3 is 2.61 bits per heavy atom. The number of morpholine rings is 1. The summed E-state index contributed by atoms with van der Waals surface area (Å²) < 4.78 is 12.3. The van der Waals surface area contributed by atoms with E-state index in [-0.39, 0.29) is 24.8 Å². The molecule has 1 aliphatic carbocycles. The second-order valence-corrected chi connectivity index (χ2v) is 9.72. The minimum Gasteiger partial charge on any atom is -0.490 e. The molecule has 1 saturated carbocycles. The number of benzene rings is 1. The quantitative estimate of drug-likeness (QED) is 0.636. The molecule has 1 aromatic carbocycles. The minimum absolute atomic E-state index is 0.0899. The average Bonchev–Trinajstić information content (AvgIpc) is 3.59. The van der Waals surface area contributed by atoms with Gasteiger partial charge in [-0.05, 0) is 68.7 Å². The third kappa shape index (κ3) is 5.92. The van der Waals surface area contributed by atoms with Crippen molar-refractivity contribution >= 4 is 23.4 Å². The summed E-state index contributed by atoms with van der Waals surface area (Å²) in [6, 6.07) is 5.53. The molecule has 0 unspecified atom stereocenters. The van der Waals surface area contributed by atoms with Crippen LogP contribution in [-0.2, 0) is 14.3 Å². The van der Waals surface area contributed by atoms with Gasteiger partial charge in [-0.2, -0.15) is 0 Å². The van der Waals surface area contributed by atoms with Crippen molar-refractivity contribution in [2.24, 2.45) is 5.92 Å². The van der Waals surface area contributed by atoms with Gasteiger partial charge >= 0.3 is 0 Å². The Hall–Kier alpha value is -1.79. The van der Waals surface area contributed by atoms with E-state index in [1.54, 1.807) is 0 Å². The number of carbonyl (C=O) groups excluding carboxylic acids is 2. The van der Waals surface area contributed by atoms with Crippen molar-refractivity contribution in [2.75, 3.05) is 39.4 Å². The number of halogens is 1. The maximum Gasteiger partial charge on any atom is 0.225 e. The van der Waals surface area contributed by atoms with Gasteiger partial charge in [-0.25, -0.2) is 0 Å². The fourth-order valence-electron chi connectivity index (χ4n) is 4.45. The molecule has 0 bridgehead atoms. The number of hydrogen-bond donors (Lipinski definition) is 0. The van der Waals surface area contributed by atoms with Crippen LogP contribution in [0.5, 0.6) is 5.75 Å². The first kappa shape index (κ1) is 22.4. The molecule has 0 aromatic heterocycles. The standard InChI is InChI=1S/C24H33ClN2O4/c1-18-13-20(7-8-21(18)25)30-17-24(15-23(29)26-9-3-2-4-10-26)16-27(11-12-31-24)22(28)14-19-5-6-19/h7-8,13,19H,2-6,9-12,14-17H2,1H3/t24-/m1/s1. The van der Waals surface area contributed by atoms with E-state index in [0.29, 0.717) is 42.8 Å². The lowest BCUT2D eigenvalue weighted by atomic mass is 9.95. The lowest BCUT2D eigenvalue weighted by Gasteiger charge is -2.43. The molecular formula is C24H33ClN2O4. The number of ether oxygens (including phenoxy) is 2. The maximum atomic E-state index is 13.1. The van der Waals surface area contributed by atoms with Crippen LogP contribution in [-0.4, -0.2) is 66.6 Å². The van der Waals surface area contributed by atoms with Gasteiger partial charge in [0.1, 0.15) is 18.0 Å². The fourth-order valence-corrected chi connectivity index (χ4v) is 4.57. The number of piperidine rings is 1. The molecule has 4 rings (SSSR count). The summed E-state index contributed by atoms with van der Waals surface area (Å²) in [6.45, 7) is 5.15. The predicted molar refractivity (Wildman–Crippen MR) is 119 cm³/mol. The number of amides is 2. The Kier molecular flexibility index (Phi) is 7.07. The second kappa shape index (κ2) is 9.78. The number of likely N-dealkylation sites (tertiary alicyclic amines) is 1. The van der Waals surface area contributed by atoms with E-state index in [1.807, 2.05) is 34.9 Å². The smallest absolute Gasteiger partial charge is 0.225 e. The molecule has 2 aliphatic heterocycles. The monoisotopic (exact) mass is 448 g/mol. The normalized spacial score (nSPS) is 24.2. The molecule has 2 saturated heterocycles. The van der Waals surface area contributed by atoms with Crippen LogP contribution >= 0.6 is 11.6 Å². The SMILES string of the molecule is Cc1cc(OC[C@@]2(CC(=O)N3CCCCC3)CN(C(=O)CC3CC3)CCO2)ccc1Cl. The van der Waals surface area contributed by atoms with Crippen LogP contribution in [0.15, 0.2) is 18.2 Å². The van der Waals surface area contributed by atoms with E-state index in [4.69, 9.17) is 21.1 Å². The zero-order valence-corrected chi connectivity index (χ0v) is 19.2. The molecule has 170 valence electrons. The summed E-state index contributed by atoms with van der Waals surface area (Å²) in [7, 11) is 0. The zero-order chi connectivity index (χ0) is 21.8. The van der Waals surface area contributed by atoms with Crippen LogP contribution in [0.4, 0.5) is 0 Å². The van der Waals surface area contributed by atoms with Gasteiger partial charge in [0.05, 0.1) is 19.6 Å². The molecule has 2 heterocycles. The largest absolute Gasteiger partial charge is 0.490 e. The lowest BCUT2D eigenvalue weighted by Crippen LogP contribution is -2.58. The minimum atomic E-state index is -0.834. The van der Waals surface area contributed by atoms with Crippen molar-refractivity contribution in [1.82, 2.24) is 9.80 Å². The van der Waals surface area contributed by atoms with Crippen molar-refractivity contribution in [1.29, 1.82) is 0 Å². The van der Waals surface area contributed by atoms with Gasteiger partial charge in [0.2, 0.25) is 11.8 Å². The molecule has 3 aliphatic rings. The Morgan fingerprint density at radius 1 is 1.13 bits per heavy atom. The Morgan fingerprint density at radius 2 is 1.90 bits per heavy atom. The first-order valence-electron chi connectivity index (χ1n) is 11.5. The van der Waals surface area contributed by atoms with Gasteiger partial charge in [0.15, 0.2) is 0 Å². The summed E-state index contributed by atoms with van der Waals surface area (Å²) >= 11 is 6.14. The first-order chi connectivity index (χ1) is 14.9. The second-order valence-electron chi connectivity index (χ2n) is 9.31. The van der Waals surface area contributed by atoms with Gasteiger partial charge < -0.3 is 19.3 Å². The van der Waals surface area contributed by atoms with E-state index >= 15 is 0 Å². The maximum absolute atomic E-state index is 13.1. The van der Waals surface area contributed by atoms with Crippen molar-refractivity contribution in [3.05, 3.63) is 28.8 Å². The Bertz CT molecular complexity index is 807. The molecule has 1 aromatic rings. The van der Waals surface area contributed by atoms with Crippen LogP contribution < -0.4 is 4.74 Å². The van der Waals surface area contributed by atoms with Crippen molar-refractivity contribution in [3.63, 3.8) is 0 Å². The van der Waals surface area contributed by atoms with Gasteiger partial charge in [0, 0.05) is 31.1 Å². The highest BCUT2D eigenvalue weighted by Crippen LogP contribution is 2.34. The molecule has 6 nitrogen and oxygen atoms in total. The highest BCUT2D eigenvalue weighted by Gasteiger charge is 2.43. The fraction of sp³-hybridized carbons (Fsp3) is 0.667. The lowest BCUT2D eigenvalue weighted by molar-refractivity contribution is -0.166.